The molecule has 2 aromatic heterocycles. The van der Waals surface area contributed by atoms with Crippen molar-refractivity contribution in [2.45, 2.75) is 17.9 Å². The van der Waals surface area contributed by atoms with Crippen molar-refractivity contribution < 1.29 is 4.42 Å². The lowest BCUT2D eigenvalue weighted by molar-refractivity contribution is 0.429. The Kier molecular flexibility index (Phi) is 3.23. The number of halogens is 1. The van der Waals surface area contributed by atoms with Gasteiger partial charge in [0.2, 0.25) is 5.89 Å². The first-order valence-electron chi connectivity index (χ1n) is 4.28. The molecule has 0 aliphatic rings. The summed E-state index contributed by atoms with van der Waals surface area (Å²) in [5.74, 6) is 1.24. The van der Waals surface area contributed by atoms with E-state index in [1.54, 1.807) is 13.1 Å². The molecule has 0 aliphatic heterocycles. The van der Waals surface area contributed by atoms with Gasteiger partial charge in [-0.3, -0.25) is 0 Å². The Morgan fingerprint density at radius 1 is 1.47 bits per heavy atom. The number of hydrogen-bond donors (Lipinski definition) is 0. The quantitative estimate of drug-likeness (QED) is 0.611. The molecule has 0 unspecified atom stereocenters. The molecule has 15 heavy (non-hydrogen) atoms. The van der Waals surface area contributed by atoms with Crippen molar-refractivity contribution >= 4 is 23.4 Å². The zero-order valence-corrected chi connectivity index (χ0v) is 9.55. The molecule has 0 fully saturated rings. The predicted octanol–water partition coefficient (Wildman–Crippen LogP) is 2.72. The zero-order chi connectivity index (χ0) is 10.7. The first-order valence-corrected chi connectivity index (χ1v) is 5.64. The molecule has 2 aromatic rings. The van der Waals surface area contributed by atoms with Crippen LogP contribution in [-0.2, 0) is 5.75 Å². The first kappa shape index (κ1) is 10.4. The summed E-state index contributed by atoms with van der Waals surface area (Å²) in [6.07, 6.45) is 1.66. The van der Waals surface area contributed by atoms with Crippen molar-refractivity contribution in [3.8, 4) is 0 Å². The molecule has 6 heteroatoms. The van der Waals surface area contributed by atoms with E-state index < -0.39 is 0 Å². The van der Waals surface area contributed by atoms with Crippen molar-refractivity contribution in [3.63, 3.8) is 0 Å². The number of aromatic nitrogens is 3. The molecule has 0 saturated heterocycles. The highest BCUT2D eigenvalue weighted by atomic mass is 35.5. The molecule has 4 nitrogen and oxygen atoms in total. The summed E-state index contributed by atoms with van der Waals surface area (Å²) in [6, 6.07) is 3.77. The van der Waals surface area contributed by atoms with Crippen LogP contribution in [0.2, 0.25) is 5.15 Å². The van der Waals surface area contributed by atoms with Crippen LogP contribution < -0.4 is 0 Å². The third-order valence-electron chi connectivity index (χ3n) is 1.69. The maximum Gasteiger partial charge on any atom is 0.276 e. The van der Waals surface area contributed by atoms with Gasteiger partial charge in [-0.15, -0.1) is 10.2 Å². The van der Waals surface area contributed by atoms with E-state index in [0.29, 0.717) is 22.0 Å². The second-order valence-corrected chi connectivity index (χ2v) is 4.11. The fourth-order valence-electron chi connectivity index (χ4n) is 1.00. The SMILES string of the molecule is Cc1nnc(SCc2cccnc2Cl)o1. The molecule has 2 rings (SSSR count). The van der Waals surface area contributed by atoms with Crippen LogP contribution in [0.1, 0.15) is 11.5 Å². The van der Waals surface area contributed by atoms with Crippen LogP contribution in [-0.4, -0.2) is 15.2 Å². The molecule has 0 amide bonds. The van der Waals surface area contributed by atoms with Crippen LogP contribution in [0.3, 0.4) is 0 Å². The summed E-state index contributed by atoms with van der Waals surface area (Å²) in [5.41, 5.74) is 0.958. The van der Waals surface area contributed by atoms with Crippen molar-refractivity contribution in [2.75, 3.05) is 0 Å². The number of pyridine rings is 1. The minimum atomic E-state index is 0.515. The molecule has 0 spiro atoms. The minimum Gasteiger partial charge on any atom is -0.416 e. The van der Waals surface area contributed by atoms with E-state index in [1.807, 2.05) is 12.1 Å². The zero-order valence-electron chi connectivity index (χ0n) is 7.98. The van der Waals surface area contributed by atoms with E-state index in [-0.39, 0.29) is 0 Å². The number of aryl methyl sites for hydroxylation is 1. The second-order valence-electron chi connectivity index (χ2n) is 2.83. The molecular weight excluding hydrogens is 234 g/mol. The predicted molar refractivity (Wildman–Crippen MR) is 57.8 cm³/mol. The molecule has 0 N–H and O–H groups in total. The van der Waals surface area contributed by atoms with Gasteiger partial charge in [0.1, 0.15) is 5.15 Å². The highest BCUT2D eigenvalue weighted by molar-refractivity contribution is 7.98. The average molecular weight is 242 g/mol. The normalized spacial score (nSPS) is 10.5. The first-order chi connectivity index (χ1) is 7.25. The summed E-state index contributed by atoms with van der Waals surface area (Å²) in [7, 11) is 0. The summed E-state index contributed by atoms with van der Waals surface area (Å²) in [6.45, 7) is 1.76. The largest absolute Gasteiger partial charge is 0.416 e. The maximum atomic E-state index is 5.90. The van der Waals surface area contributed by atoms with Crippen LogP contribution in [0.25, 0.3) is 0 Å². The molecule has 78 valence electrons. The van der Waals surface area contributed by atoms with Gasteiger partial charge in [0.05, 0.1) is 0 Å². The smallest absolute Gasteiger partial charge is 0.276 e. The molecule has 0 aromatic carbocycles. The van der Waals surface area contributed by atoms with Gasteiger partial charge in [0, 0.05) is 18.9 Å². The molecular formula is C9H8ClN3OS. The van der Waals surface area contributed by atoms with Crippen LogP contribution in [0.4, 0.5) is 0 Å². The standard InChI is InChI=1S/C9H8ClN3OS/c1-6-12-13-9(14-6)15-5-7-3-2-4-11-8(7)10/h2-4H,5H2,1H3. The topological polar surface area (TPSA) is 51.8 Å². The summed E-state index contributed by atoms with van der Waals surface area (Å²) < 4.78 is 5.22. The Balaban J connectivity index is 2.02. The van der Waals surface area contributed by atoms with E-state index in [2.05, 4.69) is 15.2 Å². The van der Waals surface area contributed by atoms with Crippen LogP contribution >= 0.6 is 23.4 Å². The Labute approximate surface area is 96.1 Å². The van der Waals surface area contributed by atoms with E-state index in [4.69, 9.17) is 16.0 Å². The maximum absolute atomic E-state index is 5.90. The van der Waals surface area contributed by atoms with Gasteiger partial charge in [-0.1, -0.05) is 29.4 Å². The van der Waals surface area contributed by atoms with Crippen molar-refractivity contribution in [1.29, 1.82) is 0 Å². The highest BCUT2D eigenvalue weighted by Crippen LogP contribution is 2.24. The number of hydrogen-bond acceptors (Lipinski definition) is 5. The lowest BCUT2D eigenvalue weighted by atomic mass is 10.3. The fourth-order valence-corrected chi connectivity index (χ4v) is 2.06. The van der Waals surface area contributed by atoms with Crippen LogP contribution in [0.5, 0.6) is 0 Å². The van der Waals surface area contributed by atoms with Gasteiger partial charge in [-0.2, -0.15) is 0 Å². The van der Waals surface area contributed by atoms with E-state index in [9.17, 15) is 0 Å². The summed E-state index contributed by atoms with van der Waals surface area (Å²) in [5, 5.41) is 8.67. The minimum absolute atomic E-state index is 0.515. The molecule has 0 radical (unpaired) electrons. The van der Waals surface area contributed by atoms with E-state index in [1.165, 1.54) is 11.8 Å². The number of rotatable bonds is 3. The highest BCUT2D eigenvalue weighted by Gasteiger charge is 2.05. The Hall–Kier alpha value is -1.07. The van der Waals surface area contributed by atoms with E-state index in [0.717, 1.165) is 5.56 Å². The third-order valence-corrected chi connectivity index (χ3v) is 2.90. The average Bonchev–Trinajstić information content (AvgIpc) is 2.63. The third kappa shape index (κ3) is 2.70. The Morgan fingerprint density at radius 3 is 3.00 bits per heavy atom. The van der Waals surface area contributed by atoms with Gasteiger partial charge < -0.3 is 4.42 Å². The number of thioether (sulfide) groups is 1. The Bertz CT molecular complexity index is 460. The lowest BCUT2D eigenvalue weighted by Crippen LogP contribution is -1.85. The molecule has 0 atom stereocenters. The van der Waals surface area contributed by atoms with E-state index >= 15 is 0 Å². The molecule has 0 saturated carbocycles. The van der Waals surface area contributed by atoms with Crippen molar-refractivity contribution in [1.82, 2.24) is 15.2 Å². The van der Waals surface area contributed by atoms with Crippen molar-refractivity contribution in [2.24, 2.45) is 0 Å². The van der Waals surface area contributed by atoms with Gasteiger partial charge in [-0.25, -0.2) is 4.98 Å². The summed E-state index contributed by atoms with van der Waals surface area (Å²) in [4.78, 5) is 3.98. The molecule has 0 aliphatic carbocycles. The monoisotopic (exact) mass is 241 g/mol. The van der Waals surface area contributed by atoms with Crippen molar-refractivity contribution in [3.05, 3.63) is 34.9 Å². The second kappa shape index (κ2) is 4.63. The van der Waals surface area contributed by atoms with Gasteiger partial charge in [0.15, 0.2) is 0 Å². The Morgan fingerprint density at radius 2 is 2.33 bits per heavy atom. The van der Waals surface area contributed by atoms with Gasteiger partial charge in [0.25, 0.3) is 5.22 Å². The fraction of sp³-hybridized carbons (Fsp3) is 0.222. The summed E-state index contributed by atoms with van der Waals surface area (Å²) >= 11 is 7.35. The molecule has 2 heterocycles. The van der Waals surface area contributed by atoms with Gasteiger partial charge >= 0.3 is 0 Å². The number of nitrogens with zero attached hydrogens (tertiary/aromatic N) is 3. The lowest BCUT2D eigenvalue weighted by Gasteiger charge is -1.99. The van der Waals surface area contributed by atoms with Crippen LogP contribution in [0.15, 0.2) is 28.0 Å². The molecule has 0 bridgehead atoms. The van der Waals surface area contributed by atoms with Crippen LogP contribution in [0, 0.1) is 6.92 Å². The van der Waals surface area contributed by atoms with Gasteiger partial charge in [-0.05, 0) is 11.6 Å².